The molecule has 20 nitrogen and oxygen atoms in total. The van der Waals surface area contributed by atoms with Gasteiger partial charge < -0.3 is 42.4 Å². The van der Waals surface area contributed by atoms with Crippen molar-refractivity contribution in [2.45, 2.75) is 13.8 Å². The van der Waals surface area contributed by atoms with Crippen molar-refractivity contribution in [3.8, 4) is 0 Å². The van der Waals surface area contributed by atoms with Gasteiger partial charge in [-0.05, 0) is 62.4 Å². The van der Waals surface area contributed by atoms with Crippen molar-refractivity contribution in [1.29, 1.82) is 0 Å². The molecule has 0 aliphatic carbocycles. The second-order valence-corrected chi connectivity index (χ2v) is 9.82. The lowest BCUT2D eigenvalue weighted by atomic mass is 10.2. The second-order valence-electron chi connectivity index (χ2n) is 7.13. The van der Waals surface area contributed by atoms with Gasteiger partial charge in [0.15, 0.2) is 0 Å². The molecule has 0 unspecified atom stereocenters. The largest absolute Gasteiger partial charge is 0.412 e. The first-order valence-corrected chi connectivity index (χ1v) is 15.3. The van der Waals surface area contributed by atoms with Crippen LogP contribution < -0.4 is 21.3 Å². The number of aliphatic hydroxyl groups is 2. The summed E-state index contributed by atoms with van der Waals surface area (Å²) in [7, 11) is -14.0. The lowest BCUT2D eigenvalue weighted by Gasteiger charge is -2.21. The lowest BCUT2D eigenvalue weighted by molar-refractivity contribution is 0.302. The maximum absolute atomic E-state index is 8.82. The monoisotopic (exact) mass is 690 g/mol. The van der Waals surface area contributed by atoms with Gasteiger partial charge in [-0.25, -0.2) is 0 Å². The third-order valence-electron chi connectivity index (χ3n) is 4.02. The Balaban J connectivity index is -0.000000150. The van der Waals surface area contributed by atoms with Crippen LogP contribution in [0, 0.1) is 0 Å². The van der Waals surface area contributed by atoms with Crippen molar-refractivity contribution < 1.29 is 73.7 Å². The lowest BCUT2D eigenvalue weighted by Crippen LogP contribution is -2.25. The smallest absolute Gasteiger partial charge is 0.394 e. The summed E-state index contributed by atoms with van der Waals surface area (Å²) in [6.45, 7) is 7.60. The number of nitrogen functional groups attached to an aromatic ring is 2. The standard InChI is InChI=1S/2C10H16N2O.3H2O4S.2H2O/c2*1-2-12(7-8-13)10-5-3-9(11)4-6-10;3*1-5(2,3)4;;/h2*3-6,13H,2,7-8,11H2,1H3;3*(H2,1,2,3,4);2*1H2. The van der Waals surface area contributed by atoms with E-state index >= 15 is 0 Å². The van der Waals surface area contributed by atoms with E-state index in [9.17, 15) is 0 Å². The number of anilines is 4. The molecule has 23 heteroatoms. The number of hydrogen-bond donors (Lipinski definition) is 10. The number of hydrogen-bond acceptors (Lipinski definition) is 12. The third-order valence-corrected chi connectivity index (χ3v) is 4.02. The SMILES string of the molecule is CCN(CCO)c1ccc(N)cc1.CCN(CCO)c1ccc(N)cc1.O.O.O=S(=O)(O)O.O=S(=O)(O)O.O=S(=O)(O)O. The van der Waals surface area contributed by atoms with E-state index in [4.69, 9.17) is 74.3 Å². The van der Waals surface area contributed by atoms with Gasteiger partial charge in [0.25, 0.3) is 0 Å². The molecule has 0 heterocycles. The Labute approximate surface area is 250 Å². The minimum atomic E-state index is -4.67. The Hall–Kier alpha value is -2.91. The molecule has 2 aromatic carbocycles. The number of rotatable bonds is 8. The van der Waals surface area contributed by atoms with E-state index in [-0.39, 0.29) is 24.2 Å². The molecule has 2 rings (SSSR count). The maximum atomic E-state index is 8.82. The molecule has 43 heavy (non-hydrogen) atoms. The van der Waals surface area contributed by atoms with E-state index in [0.717, 1.165) is 35.8 Å². The fourth-order valence-corrected chi connectivity index (χ4v) is 2.55. The van der Waals surface area contributed by atoms with E-state index < -0.39 is 31.2 Å². The van der Waals surface area contributed by atoms with Crippen LogP contribution in [0.5, 0.6) is 0 Å². The van der Waals surface area contributed by atoms with Crippen LogP contribution in [0.1, 0.15) is 13.8 Å². The summed E-state index contributed by atoms with van der Waals surface area (Å²) < 4.78 is 94.8. The van der Waals surface area contributed by atoms with E-state index in [1.54, 1.807) is 0 Å². The Bertz CT molecular complexity index is 1110. The summed E-state index contributed by atoms with van der Waals surface area (Å²) in [5, 5.41) is 17.6. The van der Waals surface area contributed by atoms with Gasteiger partial charge in [0.2, 0.25) is 0 Å². The van der Waals surface area contributed by atoms with Crippen LogP contribution in [-0.2, 0) is 31.2 Å². The molecule has 0 atom stereocenters. The third kappa shape index (κ3) is 43.7. The van der Waals surface area contributed by atoms with Crippen molar-refractivity contribution in [3.05, 3.63) is 48.5 Å². The molecule has 0 bridgehead atoms. The first-order chi connectivity index (χ1) is 18.5. The van der Waals surface area contributed by atoms with Gasteiger partial charge in [-0.2, -0.15) is 25.3 Å². The zero-order valence-electron chi connectivity index (χ0n) is 23.2. The summed E-state index contributed by atoms with van der Waals surface area (Å²) in [4.78, 5) is 4.19. The van der Waals surface area contributed by atoms with E-state index in [2.05, 4.69) is 23.6 Å². The van der Waals surface area contributed by atoms with Crippen LogP contribution in [0.4, 0.5) is 22.7 Å². The zero-order valence-corrected chi connectivity index (χ0v) is 25.6. The first kappa shape index (κ1) is 49.8. The predicted octanol–water partition coefficient (Wildman–Crippen LogP) is -1.43. The topological polar surface area (TPSA) is 386 Å². The van der Waals surface area contributed by atoms with Crippen molar-refractivity contribution >= 4 is 53.9 Å². The van der Waals surface area contributed by atoms with E-state index in [0.29, 0.717) is 13.1 Å². The molecule has 0 aliphatic rings. The average Bonchev–Trinajstić information content (AvgIpc) is 2.80. The van der Waals surface area contributed by atoms with Gasteiger partial charge in [0.1, 0.15) is 0 Å². The molecule has 256 valence electrons. The fourth-order valence-electron chi connectivity index (χ4n) is 2.55. The molecular formula is C20H42N4O16S3. The van der Waals surface area contributed by atoms with Crippen LogP contribution in [0.2, 0.25) is 0 Å². The summed E-state index contributed by atoms with van der Waals surface area (Å²) in [5.41, 5.74) is 14.9. The van der Waals surface area contributed by atoms with Crippen LogP contribution in [0.3, 0.4) is 0 Å². The summed E-state index contributed by atoms with van der Waals surface area (Å²) in [5.74, 6) is 0. The molecule has 16 N–H and O–H groups in total. The number of nitrogens with two attached hydrogens (primary N) is 2. The molecule has 0 spiro atoms. The maximum Gasteiger partial charge on any atom is 0.394 e. The number of nitrogens with zero attached hydrogens (tertiary/aromatic N) is 2. The van der Waals surface area contributed by atoms with Gasteiger partial charge >= 0.3 is 31.2 Å². The molecule has 0 saturated carbocycles. The number of likely N-dealkylation sites (N-methyl/N-ethyl adjacent to an activating group) is 2. The summed E-state index contributed by atoms with van der Waals surface area (Å²) in [6, 6.07) is 15.3. The van der Waals surface area contributed by atoms with Crippen LogP contribution >= 0.6 is 0 Å². The summed E-state index contributed by atoms with van der Waals surface area (Å²) in [6.07, 6.45) is 0. The second kappa shape index (κ2) is 25.6. The van der Waals surface area contributed by atoms with Crippen LogP contribution in [0.25, 0.3) is 0 Å². The molecule has 0 radical (unpaired) electrons. The van der Waals surface area contributed by atoms with Crippen LogP contribution in [-0.4, -0.2) is 113 Å². The van der Waals surface area contributed by atoms with Gasteiger partial charge in [0.05, 0.1) is 13.2 Å². The normalized spacial score (nSPS) is 10.1. The van der Waals surface area contributed by atoms with Crippen molar-refractivity contribution in [2.75, 3.05) is 60.7 Å². The first-order valence-electron chi connectivity index (χ1n) is 11.1. The van der Waals surface area contributed by atoms with Gasteiger partial charge in [-0.15, -0.1) is 0 Å². The Kier molecular flexibility index (Phi) is 29.6. The Morgan fingerprint density at radius 2 is 0.721 bits per heavy atom. The van der Waals surface area contributed by atoms with E-state index in [1.165, 1.54) is 0 Å². The molecule has 2 aromatic rings. The molecular weight excluding hydrogens is 648 g/mol. The molecule has 0 amide bonds. The van der Waals surface area contributed by atoms with Crippen molar-refractivity contribution in [2.24, 2.45) is 0 Å². The summed E-state index contributed by atoms with van der Waals surface area (Å²) >= 11 is 0. The highest BCUT2D eigenvalue weighted by atomic mass is 32.3. The van der Waals surface area contributed by atoms with Crippen molar-refractivity contribution in [1.82, 2.24) is 0 Å². The zero-order chi connectivity index (χ0) is 32.9. The Morgan fingerprint density at radius 3 is 0.860 bits per heavy atom. The minimum absolute atomic E-state index is 0. The highest BCUT2D eigenvalue weighted by Gasteiger charge is 2.02. The van der Waals surface area contributed by atoms with Crippen LogP contribution in [0.15, 0.2) is 48.5 Å². The molecule has 0 fully saturated rings. The highest BCUT2D eigenvalue weighted by molar-refractivity contribution is 7.80. The fraction of sp³-hybridized carbons (Fsp3) is 0.400. The van der Waals surface area contributed by atoms with Gasteiger partial charge in [0, 0.05) is 48.9 Å². The molecule has 0 saturated heterocycles. The minimum Gasteiger partial charge on any atom is -0.412 e. The predicted molar refractivity (Wildman–Crippen MR) is 161 cm³/mol. The Morgan fingerprint density at radius 1 is 0.535 bits per heavy atom. The van der Waals surface area contributed by atoms with Gasteiger partial charge in [-0.1, -0.05) is 0 Å². The van der Waals surface area contributed by atoms with Gasteiger partial charge in [-0.3, -0.25) is 27.3 Å². The number of benzene rings is 2. The molecule has 0 aromatic heterocycles. The number of aliphatic hydroxyl groups excluding tert-OH is 2. The molecule has 0 aliphatic heterocycles. The quantitative estimate of drug-likeness (QED) is 0.112. The average molecular weight is 691 g/mol. The van der Waals surface area contributed by atoms with Crippen molar-refractivity contribution in [3.63, 3.8) is 0 Å². The van der Waals surface area contributed by atoms with E-state index in [1.807, 2.05) is 48.5 Å². The highest BCUT2D eigenvalue weighted by Crippen LogP contribution is 2.16.